The lowest BCUT2D eigenvalue weighted by Crippen LogP contribution is -2.44. The maximum Gasteiger partial charge on any atom is 0.406 e. The van der Waals surface area contributed by atoms with Gasteiger partial charge in [-0.3, -0.25) is 24.1 Å². The minimum Gasteiger partial charge on any atom is -0.481 e. The zero-order valence-corrected chi connectivity index (χ0v) is 26.0. The molecule has 1 heterocycles. The Labute approximate surface area is 270 Å². The van der Waals surface area contributed by atoms with Crippen molar-refractivity contribution in [2.24, 2.45) is 11.8 Å². The summed E-state index contributed by atoms with van der Waals surface area (Å²) in [6.07, 6.45) is 4.96. The van der Waals surface area contributed by atoms with Crippen molar-refractivity contribution in [1.29, 1.82) is 0 Å². The van der Waals surface area contributed by atoms with Crippen LogP contribution in [-0.2, 0) is 11.3 Å². The van der Waals surface area contributed by atoms with Crippen LogP contribution < -0.4 is 10.6 Å². The van der Waals surface area contributed by atoms with Crippen molar-refractivity contribution in [3.8, 4) is 0 Å². The number of carboxylic acids is 1. The van der Waals surface area contributed by atoms with Gasteiger partial charge in [-0.25, -0.2) is 4.79 Å². The van der Waals surface area contributed by atoms with Crippen LogP contribution in [0.5, 0.6) is 0 Å². The molecule has 0 atom stereocenters. The van der Waals surface area contributed by atoms with E-state index in [1.807, 2.05) is 0 Å². The Bertz CT molecular complexity index is 1500. The van der Waals surface area contributed by atoms with Crippen molar-refractivity contribution in [2.75, 3.05) is 18.4 Å². The molecule has 0 aromatic heterocycles. The van der Waals surface area contributed by atoms with Gasteiger partial charge < -0.3 is 20.6 Å². The number of aliphatic carboxylic acids is 1. The molecule has 0 saturated heterocycles. The number of carboxylic acid groups (broad SMARTS) is 1. The molecule has 5 rings (SSSR count). The van der Waals surface area contributed by atoms with Crippen LogP contribution >= 0.6 is 0 Å². The molecule has 2 aromatic rings. The van der Waals surface area contributed by atoms with E-state index in [1.54, 1.807) is 29.2 Å². The third kappa shape index (κ3) is 8.49. The second kappa shape index (κ2) is 14.6. The number of hydrogen-bond donors (Lipinski definition) is 3. The number of halogens is 3. The fraction of sp³-hybridized carbons (Fsp3) is 0.500. The van der Waals surface area contributed by atoms with Gasteiger partial charge in [0.25, 0.3) is 17.7 Å². The average Bonchev–Trinajstić information content (AvgIpc) is 3.27. The molecule has 2 fully saturated rings. The molecule has 2 saturated carbocycles. The van der Waals surface area contributed by atoms with Crippen LogP contribution in [0.4, 0.5) is 23.7 Å². The Hall–Kier alpha value is -4.42. The highest BCUT2D eigenvalue weighted by molar-refractivity contribution is 6.22. The van der Waals surface area contributed by atoms with Crippen molar-refractivity contribution in [3.63, 3.8) is 0 Å². The summed E-state index contributed by atoms with van der Waals surface area (Å²) in [6.45, 7) is -1.48. The zero-order valence-electron chi connectivity index (χ0n) is 26.0. The van der Waals surface area contributed by atoms with Gasteiger partial charge in [-0.2, -0.15) is 13.2 Å². The Morgan fingerprint density at radius 1 is 0.851 bits per heavy atom. The monoisotopic (exact) mass is 656 g/mol. The van der Waals surface area contributed by atoms with Crippen molar-refractivity contribution in [1.82, 2.24) is 15.1 Å². The summed E-state index contributed by atoms with van der Waals surface area (Å²) in [5.74, 6) is -2.19. The number of amides is 5. The summed E-state index contributed by atoms with van der Waals surface area (Å²) >= 11 is 0. The Morgan fingerprint density at radius 3 is 2.13 bits per heavy atom. The number of rotatable bonds is 10. The molecule has 0 bridgehead atoms. The smallest absolute Gasteiger partial charge is 0.406 e. The highest BCUT2D eigenvalue weighted by Crippen LogP contribution is 2.40. The maximum atomic E-state index is 13.8. The van der Waals surface area contributed by atoms with E-state index in [1.165, 1.54) is 50.3 Å². The number of alkyl halides is 3. The fourth-order valence-electron chi connectivity index (χ4n) is 7.09. The van der Waals surface area contributed by atoms with Gasteiger partial charge in [0.05, 0.1) is 17.5 Å². The predicted octanol–water partition coefficient (Wildman–Crippen LogP) is 6.22. The largest absolute Gasteiger partial charge is 0.481 e. The normalized spacial score (nSPS) is 20.1. The van der Waals surface area contributed by atoms with Gasteiger partial charge in [-0.15, -0.1) is 0 Å². The second-order valence-corrected chi connectivity index (χ2v) is 12.7. The highest BCUT2D eigenvalue weighted by Gasteiger charge is 2.43. The third-order valence-electron chi connectivity index (χ3n) is 9.51. The summed E-state index contributed by atoms with van der Waals surface area (Å²) in [7, 11) is 0. The fourth-order valence-corrected chi connectivity index (χ4v) is 7.09. The molecule has 5 amide bonds. The summed E-state index contributed by atoms with van der Waals surface area (Å²) in [5.41, 5.74) is 0.934. The number of fused-ring (bicyclic) bond motifs is 1. The van der Waals surface area contributed by atoms with Crippen LogP contribution in [0.15, 0.2) is 42.5 Å². The van der Waals surface area contributed by atoms with Crippen molar-refractivity contribution >= 4 is 35.4 Å². The maximum absolute atomic E-state index is 13.8. The minimum atomic E-state index is -4.75. The minimum absolute atomic E-state index is 0.00376. The van der Waals surface area contributed by atoms with E-state index < -0.39 is 42.4 Å². The van der Waals surface area contributed by atoms with Crippen molar-refractivity contribution in [3.05, 3.63) is 64.7 Å². The number of nitrogens with one attached hydrogen (secondary N) is 2. The molecule has 3 N–H and O–H groups in total. The summed E-state index contributed by atoms with van der Waals surface area (Å²) in [5, 5.41) is 14.2. The number of nitrogens with zero attached hydrogens (tertiary/aromatic N) is 2. The van der Waals surface area contributed by atoms with Crippen LogP contribution in [-0.4, -0.2) is 69.9 Å². The van der Waals surface area contributed by atoms with Gasteiger partial charge in [-0.05, 0) is 73.4 Å². The summed E-state index contributed by atoms with van der Waals surface area (Å²) in [6, 6.07) is 10.0. The first-order valence-corrected chi connectivity index (χ1v) is 16.1. The van der Waals surface area contributed by atoms with Gasteiger partial charge in [-0.1, -0.05) is 44.2 Å². The quantitative estimate of drug-likeness (QED) is 0.260. The van der Waals surface area contributed by atoms with Crippen LogP contribution in [0, 0.1) is 11.8 Å². The molecule has 2 aromatic carbocycles. The molecule has 47 heavy (non-hydrogen) atoms. The molecule has 252 valence electrons. The standard InChI is InChI=1S/C34H39F3N4O6/c35-34(36,37)20-41-31(45)27-15-12-25(18-28(27)32(41)46)39-33(47)40(26-13-10-23(11-14-26)22-4-2-1-3-5-22)19-21-6-8-24(9-7-21)30(44)38-17-16-29(42)43/h6-9,12,15,18,22-23,26H,1-5,10-11,13-14,16-17,19-20H2,(H,38,44)(H,39,47)(H,42,43). The molecule has 10 nitrogen and oxygen atoms in total. The van der Waals surface area contributed by atoms with E-state index in [4.69, 9.17) is 5.11 Å². The van der Waals surface area contributed by atoms with Crippen LogP contribution in [0.2, 0.25) is 0 Å². The lowest BCUT2D eigenvalue weighted by atomic mass is 9.72. The van der Waals surface area contributed by atoms with E-state index in [0.29, 0.717) is 17.4 Å². The first-order chi connectivity index (χ1) is 22.4. The Morgan fingerprint density at radius 2 is 1.49 bits per heavy atom. The Kier molecular flexibility index (Phi) is 10.5. The highest BCUT2D eigenvalue weighted by atomic mass is 19.4. The molecule has 3 aliphatic rings. The van der Waals surface area contributed by atoms with E-state index in [2.05, 4.69) is 10.6 Å². The van der Waals surface area contributed by atoms with E-state index in [-0.39, 0.29) is 47.3 Å². The first-order valence-electron chi connectivity index (χ1n) is 16.1. The van der Waals surface area contributed by atoms with Crippen LogP contribution in [0.3, 0.4) is 0 Å². The number of benzene rings is 2. The molecular weight excluding hydrogens is 617 g/mol. The molecule has 0 unspecified atom stereocenters. The van der Waals surface area contributed by atoms with Crippen molar-refractivity contribution < 1.29 is 42.3 Å². The molecular formula is C34H39F3N4O6. The third-order valence-corrected chi connectivity index (χ3v) is 9.51. The van der Waals surface area contributed by atoms with Crippen LogP contribution in [0.25, 0.3) is 0 Å². The van der Waals surface area contributed by atoms with Crippen molar-refractivity contribution in [2.45, 2.75) is 83.0 Å². The number of anilines is 1. The van der Waals surface area contributed by atoms with Gasteiger partial charge in [0.2, 0.25) is 0 Å². The number of urea groups is 1. The predicted molar refractivity (Wildman–Crippen MR) is 166 cm³/mol. The Balaban J connectivity index is 1.30. The van der Waals surface area contributed by atoms with Gasteiger partial charge >= 0.3 is 18.2 Å². The first kappa shape index (κ1) is 33.9. The van der Waals surface area contributed by atoms with E-state index in [0.717, 1.165) is 31.2 Å². The second-order valence-electron chi connectivity index (χ2n) is 12.7. The van der Waals surface area contributed by atoms with Gasteiger partial charge in [0.1, 0.15) is 6.54 Å². The van der Waals surface area contributed by atoms with Gasteiger partial charge in [0, 0.05) is 30.4 Å². The van der Waals surface area contributed by atoms with Crippen LogP contribution in [0.1, 0.15) is 101 Å². The molecule has 0 spiro atoms. The summed E-state index contributed by atoms with van der Waals surface area (Å²) < 4.78 is 39.0. The molecule has 0 radical (unpaired) electrons. The molecule has 13 heteroatoms. The van der Waals surface area contributed by atoms with Gasteiger partial charge in [0.15, 0.2) is 0 Å². The van der Waals surface area contributed by atoms with E-state index >= 15 is 0 Å². The number of imide groups is 1. The lowest BCUT2D eigenvalue weighted by Gasteiger charge is -2.40. The number of carbonyl (C=O) groups is 5. The van der Waals surface area contributed by atoms with E-state index in [9.17, 15) is 37.1 Å². The SMILES string of the molecule is O=C(O)CCNC(=O)c1ccc(CN(C(=O)Nc2ccc3c(c2)C(=O)N(CC(F)(F)F)C3=O)C2CCC(C3CCCCC3)CC2)cc1. The molecule has 2 aliphatic carbocycles. The lowest BCUT2D eigenvalue weighted by molar-refractivity contribution is -0.137. The topological polar surface area (TPSA) is 136 Å². The zero-order chi connectivity index (χ0) is 33.7. The molecule has 1 aliphatic heterocycles. The average molecular weight is 657 g/mol. The number of carbonyl (C=O) groups excluding carboxylic acids is 4. The summed E-state index contributed by atoms with van der Waals surface area (Å²) in [4.78, 5) is 64.0. The number of hydrogen-bond acceptors (Lipinski definition) is 5.